The Kier molecular flexibility index (Phi) is 1.81. The van der Waals surface area contributed by atoms with Crippen LogP contribution in [0.5, 0.6) is 5.75 Å². The zero-order chi connectivity index (χ0) is 10.3. The van der Waals surface area contributed by atoms with Crippen LogP contribution in [0.4, 0.5) is 0 Å². The molecule has 0 bridgehead atoms. The number of aromatic hydroxyl groups is 1. The maximum atomic E-state index is 11.7. The molecule has 3 heteroatoms. The third-order valence-corrected chi connectivity index (χ3v) is 2.34. The zero-order valence-electron chi connectivity index (χ0n) is 8.00. The highest BCUT2D eigenvalue weighted by molar-refractivity contribution is 5.78. The molecule has 2 rings (SSSR count). The molecule has 0 atom stereocenters. The van der Waals surface area contributed by atoms with Gasteiger partial charge < -0.3 is 9.52 Å². The lowest BCUT2D eigenvalue weighted by molar-refractivity contribution is 0.473. The number of benzene rings is 1. The largest absolute Gasteiger partial charge is 0.508 e. The van der Waals surface area contributed by atoms with Crippen molar-refractivity contribution in [2.45, 2.75) is 13.8 Å². The van der Waals surface area contributed by atoms with Crippen molar-refractivity contribution < 1.29 is 9.52 Å². The fourth-order valence-corrected chi connectivity index (χ4v) is 1.39. The lowest BCUT2D eigenvalue weighted by Crippen LogP contribution is -2.06. The van der Waals surface area contributed by atoms with Crippen LogP contribution < -0.4 is 5.43 Å². The number of phenolic OH excluding ortho intramolecular Hbond substituents is 1. The molecule has 14 heavy (non-hydrogen) atoms. The van der Waals surface area contributed by atoms with Crippen molar-refractivity contribution in [3.05, 3.63) is 39.7 Å². The van der Waals surface area contributed by atoms with Crippen molar-refractivity contribution in [3.8, 4) is 5.75 Å². The average Bonchev–Trinajstić information content (AvgIpc) is 2.14. The van der Waals surface area contributed by atoms with Crippen LogP contribution in [0.15, 0.2) is 27.4 Å². The standard InChI is InChI=1S/C11H10O3/c1-6-7(2)14-10-5-8(12)3-4-9(10)11(6)13/h3-5,12H,1-2H3. The minimum absolute atomic E-state index is 0.0382. The molecule has 0 saturated heterocycles. The van der Waals surface area contributed by atoms with Gasteiger partial charge in [-0.05, 0) is 26.0 Å². The second-order valence-electron chi connectivity index (χ2n) is 3.29. The van der Waals surface area contributed by atoms with Gasteiger partial charge in [0, 0.05) is 11.6 Å². The van der Waals surface area contributed by atoms with Gasteiger partial charge in [0.2, 0.25) is 0 Å². The maximum absolute atomic E-state index is 11.7. The maximum Gasteiger partial charge on any atom is 0.195 e. The number of rotatable bonds is 0. The van der Waals surface area contributed by atoms with E-state index in [0.29, 0.717) is 22.3 Å². The van der Waals surface area contributed by atoms with Crippen LogP contribution >= 0.6 is 0 Å². The van der Waals surface area contributed by atoms with E-state index in [9.17, 15) is 9.90 Å². The van der Waals surface area contributed by atoms with Gasteiger partial charge in [0.25, 0.3) is 0 Å². The predicted molar refractivity (Wildman–Crippen MR) is 53.6 cm³/mol. The van der Waals surface area contributed by atoms with Crippen molar-refractivity contribution in [2.75, 3.05) is 0 Å². The van der Waals surface area contributed by atoms with Crippen LogP contribution in [-0.2, 0) is 0 Å². The molecule has 0 aliphatic rings. The molecule has 1 N–H and O–H groups in total. The second kappa shape index (κ2) is 2.87. The topological polar surface area (TPSA) is 50.4 Å². The van der Waals surface area contributed by atoms with Gasteiger partial charge in [0.05, 0.1) is 5.39 Å². The molecule has 0 saturated carbocycles. The Bertz CT molecular complexity index is 552. The van der Waals surface area contributed by atoms with E-state index in [4.69, 9.17) is 4.42 Å². The summed E-state index contributed by atoms with van der Waals surface area (Å²) >= 11 is 0. The van der Waals surface area contributed by atoms with Gasteiger partial charge in [0.1, 0.15) is 17.1 Å². The molecular weight excluding hydrogens is 180 g/mol. The summed E-state index contributed by atoms with van der Waals surface area (Å²) in [6, 6.07) is 4.50. The van der Waals surface area contributed by atoms with Crippen molar-refractivity contribution in [3.63, 3.8) is 0 Å². The highest BCUT2D eigenvalue weighted by Gasteiger charge is 2.07. The van der Waals surface area contributed by atoms with Crippen molar-refractivity contribution in [1.29, 1.82) is 0 Å². The predicted octanol–water partition coefficient (Wildman–Crippen LogP) is 2.12. The fraction of sp³-hybridized carbons (Fsp3) is 0.182. The lowest BCUT2D eigenvalue weighted by atomic mass is 10.1. The van der Waals surface area contributed by atoms with Gasteiger partial charge in [-0.3, -0.25) is 4.79 Å². The first-order chi connectivity index (χ1) is 6.59. The van der Waals surface area contributed by atoms with Gasteiger partial charge in [0.15, 0.2) is 5.43 Å². The number of aryl methyl sites for hydroxylation is 1. The zero-order valence-corrected chi connectivity index (χ0v) is 8.00. The number of phenols is 1. The lowest BCUT2D eigenvalue weighted by Gasteiger charge is -2.02. The molecule has 72 valence electrons. The average molecular weight is 190 g/mol. The van der Waals surface area contributed by atoms with E-state index in [1.165, 1.54) is 12.1 Å². The van der Waals surface area contributed by atoms with Crippen molar-refractivity contribution in [1.82, 2.24) is 0 Å². The molecule has 1 aromatic heterocycles. The van der Waals surface area contributed by atoms with E-state index in [2.05, 4.69) is 0 Å². The minimum atomic E-state index is -0.0382. The third kappa shape index (κ3) is 1.18. The molecule has 0 aliphatic carbocycles. The molecule has 1 aromatic carbocycles. The Morgan fingerprint density at radius 3 is 2.71 bits per heavy atom. The molecule has 0 aliphatic heterocycles. The van der Waals surface area contributed by atoms with Gasteiger partial charge >= 0.3 is 0 Å². The molecule has 0 amide bonds. The second-order valence-corrected chi connectivity index (χ2v) is 3.29. The number of hydrogen-bond acceptors (Lipinski definition) is 3. The smallest absolute Gasteiger partial charge is 0.195 e. The normalized spacial score (nSPS) is 10.7. The minimum Gasteiger partial charge on any atom is -0.508 e. The van der Waals surface area contributed by atoms with Crippen LogP contribution in [0.1, 0.15) is 11.3 Å². The molecule has 0 radical (unpaired) electrons. The monoisotopic (exact) mass is 190 g/mol. The molecule has 0 unspecified atom stereocenters. The van der Waals surface area contributed by atoms with E-state index in [-0.39, 0.29) is 11.2 Å². The van der Waals surface area contributed by atoms with Crippen LogP contribution in [0.2, 0.25) is 0 Å². The summed E-state index contributed by atoms with van der Waals surface area (Å²) in [5.74, 6) is 0.692. The molecule has 0 spiro atoms. The molecule has 0 fully saturated rings. The SMILES string of the molecule is Cc1oc2cc(O)ccc2c(=O)c1C. The van der Waals surface area contributed by atoms with E-state index in [1.807, 2.05) is 0 Å². The summed E-state index contributed by atoms with van der Waals surface area (Å²) in [5, 5.41) is 9.72. The molecule has 3 nitrogen and oxygen atoms in total. The summed E-state index contributed by atoms with van der Waals surface area (Å²) in [4.78, 5) is 11.7. The van der Waals surface area contributed by atoms with E-state index in [0.717, 1.165) is 0 Å². The summed E-state index contributed by atoms with van der Waals surface area (Å²) in [6.07, 6.45) is 0. The first-order valence-corrected chi connectivity index (χ1v) is 4.32. The summed E-state index contributed by atoms with van der Waals surface area (Å²) in [6.45, 7) is 3.47. The Balaban J connectivity index is 2.98. The fourth-order valence-electron chi connectivity index (χ4n) is 1.39. The van der Waals surface area contributed by atoms with Gasteiger partial charge in [-0.15, -0.1) is 0 Å². The van der Waals surface area contributed by atoms with Gasteiger partial charge in [-0.25, -0.2) is 0 Å². The highest BCUT2D eigenvalue weighted by Crippen LogP contribution is 2.19. The Hall–Kier alpha value is -1.77. The van der Waals surface area contributed by atoms with Gasteiger partial charge in [-0.1, -0.05) is 0 Å². The summed E-state index contributed by atoms with van der Waals surface area (Å²) < 4.78 is 5.39. The van der Waals surface area contributed by atoms with Crippen LogP contribution in [0.25, 0.3) is 11.0 Å². The van der Waals surface area contributed by atoms with Crippen molar-refractivity contribution >= 4 is 11.0 Å². The van der Waals surface area contributed by atoms with Crippen LogP contribution in [-0.4, -0.2) is 5.11 Å². The molecular formula is C11H10O3. The van der Waals surface area contributed by atoms with E-state index in [1.54, 1.807) is 19.9 Å². The van der Waals surface area contributed by atoms with E-state index >= 15 is 0 Å². The Morgan fingerprint density at radius 2 is 2.00 bits per heavy atom. The van der Waals surface area contributed by atoms with E-state index < -0.39 is 0 Å². The first kappa shape index (κ1) is 8.81. The quantitative estimate of drug-likeness (QED) is 0.692. The highest BCUT2D eigenvalue weighted by atomic mass is 16.3. The molecule has 2 aromatic rings. The van der Waals surface area contributed by atoms with Gasteiger partial charge in [-0.2, -0.15) is 0 Å². The Morgan fingerprint density at radius 1 is 1.29 bits per heavy atom. The molecule has 1 heterocycles. The third-order valence-electron chi connectivity index (χ3n) is 2.34. The Labute approximate surface area is 80.6 Å². The first-order valence-electron chi connectivity index (χ1n) is 4.32. The number of hydrogen-bond donors (Lipinski definition) is 1. The van der Waals surface area contributed by atoms with Crippen LogP contribution in [0.3, 0.4) is 0 Å². The number of fused-ring (bicyclic) bond motifs is 1. The summed E-state index contributed by atoms with van der Waals surface area (Å²) in [7, 11) is 0. The van der Waals surface area contributed by atoms with Crippen molar-refractivity contribution in [2.24, 2.45) is 0 Å². The van der Waals surface area contributed by atoms with Crippen LogP contribution in [0, 0.1) is 13.8 Å². The summed E-state index contributed by atoms with van der Waals surface area (Å²) in [5.41, 5.74) is 1.00.